The summed E-state index contributed by atoms with van der Waals surface area (Å²) < 4.78 is 8.66. The molecule has 0 amide bonds. The lowest BCUT2D eigenvalue weighted by Gasteiger charge is -2.20. The summed E-state index contributed by atoms with van der Waals surface area (Å²) in [6.45, 7) is 4.27. The van der Waals surface area contributed by atoms with Crippen molar-refractivity contribution < 1.29 is 9.84 Å². The van der Waals surface area contributed by atoms with E-state index in [-0.39, 0.29) is 12.2 Å². The maximum absolute atomic E-state index is 12.8. The first kappa shape index (κ1) is 17.5. The Kier molecular flexibility index (Phi) is 6.15. The van der Waals surface area contributed by atoms with Crippen molar-refractivity contribution in [3.63, 3.8) is 0 Å². The molecule has 1 N–H and O–H groups in total. The molecule has 0 aliphatic carbocycles. The zero-order valence-corrected chi connectivity index (χ0v) is 14.0. The van der Waals surface area contributed by atoms with Gasteiger partial charge in [0.05, 0.1) is 24.5 Å². The van der Waals surface area contributed by atoms with Crippen molar-refractivity contribution in [3.05, 3.63) is 51.9 Å². The normalized spacial score (nSPS) is 11.3. The number of rotatable bonds is 8. The average Bonchev–Trinajstić information content (AvgIpc) is 2.77. The molecule has 2 rings (SSSR count). The molecule has 0 unspecified atom stereocenters. The molecule has 6 nitrogen and oxygen atoms in total. The van der Waals surface area contributed by atoms with Crippen LogP contribution in [-0.2, 0) is 18.3 Å². The molecule has 0 saturated heterocycles. The van der Waals surface area contributed by atoms with Gasteiger partial charge in [0.25, 0.3) is 5.56 Å². The van der Waals surface area contributed by atoms with E-state index in [1.807, 2.05) is 53.9 Å². The van der Waals surface area contributed by atoms with Gasteiger partial charge in [-0.3, -0.25) is 14.4 Å². The van der Waals surface area contributed by atoms with Crippen LogP contribution in [0.5, 0.6) is 0 Å². The first-order valence-electron chi connectivity index (χ1n) is 7.75. The Labute approximate surface area is 136 Å². The highest BCUT2D eigenvalue weighted by Crippen LogP contribution is 2.12. The summed E-state index contributed by atoms with van der Waals surface area (Å²) in [7, 11) is 3.53. The van der Waals surface area contributed by atoms with Crippen molar-refractivity contribution in [3.8, 4) is 5.69 Å². The van der Waals surface area contributed by atoms with E-state index in [0.717, 1.165) is 16.9 Å². The third-order valence-corrected chi connectivity index (χ3v) is 4.08. The number of nitrogens with zero attached hydrogens (tertiary/aromatic N) is 3. The van der Waals surface area contributed by atoms with Gasteiger partial charge in [-0.1, -0.05) is 18.2 Å². The summed E-state index contributed by atoms with van der Waals surface area (Å²) in [5.41, 5.74) is 2.51. The monoisotopic (exact) mass is 319 g/mol. The number of benzene rings is 1. The lowest BCUT2D eigenvalue weighted by molar-refractivity contribution is 0.126. The van der Waals surface area contributed by atoms with Crippen LogP contribution in [0.3, 0.4) is 0 Å². The minimum atomic E-state index is -0.0171. The van der Waals surface area contributed by atoms with Crippen LogP contribution in [0, 0.1) is 6.92 Å². The molecule has 0 aliphatic heterocycles. The van der Waals surface area contributed by atoms with Gasteiger partial charge in [-0.05, 0) is 19.1 Å². The zero-order chi connectivity index (χ0) is 16.8. The Balaban J connectivity index is 2.35. The Morgan fingerprint density at radius 2 is 1.91 bits per heavy atom. The molecule has 1 aromatic heterocycles. The number of methoxy groups -OCH3 is 1. The first-order valence-corrected chi connectivity index (χ1v) is 7.75. The van der Waals surface area contributed by atoms with E-state index < -0.39 is 0 Å². The van der Waals surface area contributed by atoms with Gasteiger partial charge >= 0.3 is 0 Å². The molecule has 1 heterocycles. The second-order valence-corrected chi connectivity index (χ2v) is 5.53. The summed E-state index contributed by atoms with van der Waals surface area (Å²) in [5.74, 6) is 0. The predicted molar refractivity (Wildman–Crippen MR) is 90.0 cm³/mol. The largest absolute Gasteiger partial charge is 0.395 e. The summed E-state index contributed by atoms with van der Waals surface area (Å²) >= 11 is 0. The van der Waals surface area contributed by atoms with E-state index in [4.69, 9.17) is 4.74 Å². The summed E-state index contributed by atoms with van der Waals surface area (Å²) in [6.07, 6.45) is 0. The number of hydrogen-bond acceptors (Lipinski definition) is 4. The molecular weight excluding hydrogens is 294 g/mol. The fourth-order valence-electron chi connectivity index (χ4n) is 2.66. The van der Waals surface area contributed by atoms with E-state index in [1.165, 1.54) is 0 Å². The van der Waals surface area contributed by atoms with Crippen LogP contribution in [0.1, 0.15) is 11.3 Å². The Morgan fingerprint density at radius 3 is 2.52 bits per heavy atom. The molecule has 0 atom stereocenters. The highest BCUT2D eigenvalue weighted by molar-refractivity contribution is 5.33. The zero-order valence-electron chi connectivity index (χ0n) is 14.0. The van der Waals surface area contributed by atoms with Gasteiger partial charge in [0.1, 0.15) is 0 Å². The van der Waals surface area contributed by atoms with Crippen LogP contribution in [-0.4, -0.2) is 52.8 Å². The van der Waals surface area contributed by atoms with Crippen molar-refractivity contribution in [2.45, 2.75) is 13.5 Å². The SMILES string of the molecule is COCCN(CCO)Cc1c(C)n(C)n(-c2ccccc2)c1=O. The minimum absolute atomic E-state index is 0.0171. The molecule has 0 aliphatic rings. The number of hydrogen-bond donors (Lipinski definition) is 1. The van der Waals surface area contributed by atoms with E-state index in [2.05, 4.69) is 0 Å². The number of aliphatic hydroxyl groups excluding tert-OH is 1. The number of aliphatic hydroxyl groups is 1. The molecule has 0 spiro atoms. The lowest BCUT2D eigenvalue weighted by Crippen LogP contribution is -2.32. The van der Waals surface area contributed by atoms with Crippen LogP contribution >= 0.6 is 0 Å². The Morgan fingerprint density at radius 1 is 1.22 bits per heavy atom. The van der Waals surface area contributed by atoms with Crippen molar-refractivity contribution >= 4 is 0 Å². The summed E-state index contributed by atoms with van der Waals surface area (Å²) in [6, 6.07) is 9.60. The van der Waals surface area contributed by atoms with Gasteiger partial charge in [-0.2, -0.15) is 0 Å². The molecule has 0 bridgehead atoms. The van der Waals surface area contributed by atoms with E-state index in [9.17, 15) is 9.90 Å². The van der Waals surface area contributed by atoms with Crippen molar-refractivity contribution in [1.82, 2.24) is 14.3 Å². The highest BCUT2D eigenvalue weighted by atomic mass is 16.5. The number of aromatic nitrogens is 2. The second kappa shape index (κ2) is 8.10. The molecule has 126 valence electrons. The summed E-state index contributed by atoms with van der Waals surface area (Å²) in [5, 5.41) is 9.22. The lowest BCUT2D eigenvalue weighted by atomic mass is 10.2. The van der Waals surface area contributed by atoms with Crippen LogP contribution in [0.15, 0.2) is 35.1 Å². The smallest absolute Gasteiger partial charge is 0.276 e. The topological polar surface area (TPSA) is 59.6 Å². The van der Waals surface area contributed by atoms with Gasteiger partial charge in [0, 0.05) is 39.5 Å². The predicted octanol–water partition coefficient (Wildman–Crippen LogP) is 0.925. The van der Waals surface area contributed by atoms with Crippen LogP contribution < -0.4 is 5.56 Å². The summed E-state index contributed by atoms with van der Waals surface area (Å²) in [4.78, 5) is 14.9. The van der Waals surface area contributed by atoms with Crippen LogP contribution in [0.2, 0.25) is 0 Å². The average molecular weight is 319 g/mol. The van der Waals surface area contributed by atoms with Gasteiger partial charge in [0.15, 0.2) is 0 Å². The van der Waals surface area contributed by atoms with E-state index in [0.29, 0.717) is 26.2 Å². The maximum atomic E-state index is 12.8. The fourth-order valence-corrected chi connectivity index (χ4v) is 2.66. The van der Waals surface area contributed by atoms with Crippen molar-refractivity contribution in [2.75, 3.05) is 33.4 Å². The molecule has 6 heteroatoms. The molecule has 0 fully saturated rings. The molecule has 0 radical (unpaired) electrons. The molecular formula is C17H25N3O3. The standard InChI is InChI=1S/C17H25N3O3/c1-14-16(13-19(9-11-21)10-12-23-3)17(22)20(18(14)2)15-7-5-4-6-8-15/h4-8,21H,9-13H2,1-3H3. The van der Waals surface area contributed by atoms with Gasteiger partial charge in [-0.15, -0.1) is 0 Å². The van der Waals surface area contributed by atoms with Gasteiger partial charge in [0.2, 0.25) is 0 Å². The van der Waals surface area contributed by atoms with Crippen molar-refractivity contribution in [2.24, 2.45) is 7.05 Å². The molecule has 1 aromatic carbocycles. The minimum Gasteiger partial charge on any atom is -0.395 e. The Hall–Kier alpha value is -1.89. The van der Waals surface area contributed by atoms with E-state index in [1.54, 1.807) is 11.8 Å². The quantitative estimate of drug-likeness (QED) is 0.786. The third kappa shape index (κ3) is 3.90. The molecule has 23 heavy (non-hydrogen) atoms. The second-order valence-electron chi connectivity index (χ2n) is 5.53. The number of para-hydroxylation sites is 1. The molecule has 2 aromatic rings. The van der Waals surface area contributed by atoms with Crippen LogP contribution in [0.25, 0.3) is 5.69 Å². The third-order valence-electron chi connectivity index (χ3n) is 4.08. The Bertz CT molecular complexity index is 676. The van der Waals surface area contributed by atoms with E-state index >= 15 is 0 Å². The van der Waals surface area contributed by atoms with Gasteiger partial charge < -0.3 is 9.84 Å². The highest BCUT2D eigenvalue weighted by Gasteiger charge is 2.18. The van der Waals surface area contributed by atoms with Crippen LogP contribution in [0.4, 0.5) is 0 Å². The van der Waals surface area contributed by atoms with Gasteiger partial charge in [-0.25, -0.2) is 4.68 Å². The molecule has 0 saturated carbocycles. The fraction of sp³-hybridized carbons (Fsp3) is 0.471. The maximum Gasteiger partial charge on any atom is 0.276 e. The van der Waals surface area contributed by atoms with Crippen molar-refractivity contribution in [1.29, 1.82) is 0 Å². The first-order chi connectivity index (χ1) is 11.1. The number of ether oxygens (including phenoxy) is 1.